The number of nitrogen functional groups attached to an aromatic ring is 1. The predicted molar refractivity (Wildman–Crippen MR) is 79.0 cm³/mol. The second-order valence-electron chi connectivity index (χ2n) is 4.72. The molecule has 3 N–H and O–H groups in total. The molecule has 1 amide bonds. The molecule has 0 aliphatic heterocycles. The fourth-order valence-corrected chi connectivity index (χ4v) is 1.84. The van der Waals surface area contributed by atoms with Crippen molar-refractivity contribution >= 4 is 17.3 Å². The third kappa shape index (κ3) is 4.43. The molecule has 1 aromatic heterocycles. The molecule has 0 saturated heterocycles. The minimum absolute atomic E-state index is 0.0230. The van der Waals surface area contributed by atoms with Crippen LogP contribution in [0.4, 0.5) is 11.4 Å². The van der Waals surface area contributed by atoms with Gasteiger partial charge in [0.1, 0.15) is 6.04 Å². The first kappa shape index (κ1) is 15.3. The number of hydrogen-bond acceptors (Lipinski definition) is 4. The Kier molecular flexibility index (Phi) is 6.12. The summed E-state index contributed by atoms with van der Waals surface area (Å²) in [4.78, 5) is 17.8. The average Bonchev–Trinajstić information content (AvgIpc) is 2.42. The number of unbranched alkanes of at least 4 members (excludes halogenated alkanes) is 2. The molecule has 0 bridgehead atoms. The van der Waals surface area contributed by atoms with Crippen LogP contribution in [0.2, 0.25) is 0 Å². The summed E-state index contributed by atoms with van der Waals surface area (Å²) in [7, 11) is 1.86. The highest BCUT2D eigenvalue weighted by Gasteiger charge is 2.19. The van der Waals surface area contributed by atoms with E-state index in [0.29, 0.717) is 5.69 Å². The molecule has 5 heteroatoms. The van der Waals surface area contributed by atoms with E-state index in [1.54, 1.807) is 12.4 Å². The maximum absolute atomic E-state index is 12.0. The van der Waals surface area contributed by atoms with Crippen molar-refractivity contribution in [1.29, 1.82) is 0 Å². The van der Waals surface area contributed by atoms with E-state index >= 15 is 0 Å². The molecule has 1 aromatic rings. The van der Waals surface area contributed by atoms with Crippen LogP contribution in [-0.2, 0) is 4.79 Å². The van der Waals surface area contributed by atoms with E-state index in [0.717, 1.165) is 31.5 Å². The third-order valence-electron chi connectivity index (χ3n) is 3.25. The minimum atomic E-state index is -0.258. The molecule has 1 heterocycles. The van der Waals surface area contributed by atoms with Crippen LogP contribution in [0.1, 0.15) is 33.1 Å². The maximum Gasteiger partial charge on any atom is 0.242 e. The van der Waals surface area contributed by atoms with Gasteiger partial charge >= 0.3 is 0 Å². The van der Waals surface area contributed by atoms with Gasteiger partial charge in [0.05, 0.1) is 17.6 Å². The van der Waals surface area contributed by atoms with Gasteiger partial charge in [0, 0.05) is 19.8 Å². The Morgan fingerprint density at radius 3 is 2.89 bits per heavy atom. The van der Waals surface area contributed by atoms with Crippen LogP contribution < -0.4 is 16.0 Å². The molecule has 5 nitrogen and oxygen atoms in total. The largest absolute Gasteiger partial charge is 0.396 e. The van der Waals surface area contributed by atoms with Gasteiger partial charge in [-0.3, -0.25) is 9.78 Å². The number of carbonyl (C=O) groups is 1. The third-order valence-corrected chi connectivity index (χ3v) is 3.25. The molecule has 1 atom stereocenters. The smallest absolute Gasteiger partial charge is 0.242 e. The lowest BCUT2D eigenvalue weighted by atomic mass is 10.2. The summed E-state index contributed by atoms with van der Waals surface area (Å²) in [5, 5.41) is 2.95. The van der Waals surface area contributed by atoms with E-state index in [2.05, 4.69) is 17.2 Å². The van der Waals surface area contributed by atoms with Crippen molar-refractivity contribution in [1.82, 2.24) is 10.3 Å². The molecule has 0 radical (unpaired) electrons. The number of nitrogens with one attached hydrogen (secondary N) is 1. The van der Waals surface area contributed by atoms with Crippen LogP contribution in [0.3, 0.4) is 0 Å². The molecule has 1 rings (SSSR count). The van der Waals surface area contributed by atoms with E-state index in [-0.39, 0.29) is 11.9 Å². The van der Waals surface area contributed by atoms with Crippen LogP contribution in [-0.4, -0.2) is 30.5 Å². The second-order valence-corrected chi connectivity index (χ2v) is 4.72. The Morgan fingerprint density at radius 1 is 1.53 bits per heavy atom. The molecule has 19 heavy (non-hydrogen) atoms. The fraction of sp³-hybridized carbons (Fsp3) is 0.571. The zero-order valence-corrected chi connectivity index (χ0v) is 12.0. The van der Waals surface area contributed by atoms with Crippen molar-refractivity contribution in [3.8, 4) is 0 Å². The number of amides is 1. The van der Waals surface area contributed by atoms with Crippen LogP contribution in [0.15, 0.2) is 18.5 Å². The number of rotatable bonds is 7. The molecule has 0 fully saturated rings. The Morgan fingerprint density at radius 2 is 2.26 bits per heavy atom. The van der Waals surface area contributed by atoms with Gasteiger partial charge in [-0.25, -0.2) is 0 Å². The normalized spacial score (nSPS) is 11.9. The number of aromatic nitrogens is 1. The standard InChI is InChI=1S/C14H24N4O/c1-4-5-6-8-17-14(19)11(2)18(3)13-7-9-16-10-12(13)15/h7,9-11H,4-6,8,15H2,1-3H3,(H,17,19). The lowest BCUT2D eigenvalue weighted by molar-refractivity contribution is -0.122. The highest BCUT2D eigenvalue weighted by Crippen LogP contribution is 2.21. The Balaban J connectivity index is 2.54. The van der Waals surface area contributed by atoms with Gasteiger partial charge in [-0.2, -0.15) is 0 Å². The zero-order chi connectivity index (χ0) is 14.3. The number of pyridine rings is 1. The molecule has 106 valence electrons. The Hall–Kier alpha value is -1.78. The quantitative estimate of drug-likeness (QED) is 0.737. The average molecular weight is 264 g/mol. The van der Waals surface area contributed by atoms with E-state index < -0.39 is 0 Å². The van der Waals surface area contributed by atoms with Gasteiger partial charge in [0.2, 0.25) is 5.91 Å². The maximum atomic E-state index is 12.0. The summed E-state index contributed by atoms with van der Waals surface area (Å²) in [6.45, 7) is 4.75. The number of carbonyl (C=O) groups excluding carboxylic acids is 1. The lowest BCUT2D eigenvalue weighted by Gasteiger charge is -2.27. The molecule has 0 spiro atoms. The van der Waals surface area contributed by atoms with Gasteiger partial charge in [0.15, 0.2) is 0 Å². The second kappa shape index (κ2) is 7.61. The topological polar surface area (TPSA) is 71.2 Å². The molecule has 1 unspecified atom stereocenters. The number of hydrogen-bond donors (Lipinski definition) is 2. The summed E-state index contributed by atoms with van der Waals surface area (Å²) >= 11 is 0. The van der Waals surface area contributed by atoms with E-state index in [1.807, 2.05) is 24.9 Å². The first-order valence-electron chi connectivity index (χ1n) is 6.78. The van der Waals surface area contributed by atoms with Crippen LogP contribution in [0, 0.1) is 0 Å². The van der Waals surface area contributed by atoms with Gasteiger partial charge < -0.3 is 16.0 Å². The Labute approximate surface area is 115 Å². The van der Waals surface area contributed by atoms with Crippen molar-refractivity contribution < 1.29 is 4.79 Å². The summed E-state index contributed by atoms with van der Waals surface area (Å²) in [5.74, 6) is 0.0230. The molecule has 0 aliphatic carbocycles. The van der Waals surface area contributed by atoms with Gasteiger partial charge in [0.25, 0.3) is 0 Å². The molecule has 0 saturated carbocycles. The molecule has 0 aliphatic rings. The van der Waals surface area contributed by atoms with Crippen molar-refractivity contribution in [3.63, 3.8) is 0 Å². The van der Waals surface area contributed by atoms with Crippen LogP contribution in [0.5, 0.6) is 0 Å². The first-order chi connectivity index (χ1) is 9.07. The molecular weight excluding hydrogens is 240 g/mol. The summed E-state index contributed by atoms with van der Waals surface area (Å²) < 4.78 is 0. The van der Waals surface area contributed by atoms with E-state index in [1.165, 1.54) is 0 Å². The van der Waals surface area contributed by atoms with Crippen molar-refractivity contribution in [3.05, 3.63) is 18.5 Å². The number of likely N-dealkylation sites (N-methyl/N-ethyl adjacent to an activating group) is 1. The fourth-order valence-electron chi connectivity index (χ4n) is 1.84. The lowest BCUT2D eigenvalue weighted by Crippen LogP contribution is -2.43. The van der Waals surface area contributed by atoms with Crippen LogP contribution in [0.25, 0.3) is 0 Å². The van der Waals surface area contributed by atoms with Crippen molar-refractivity contribution in [2.24, 2.45) is 0 Å². The summed E-state index contributed by atoms with van der Waals surface area (Å²) in [6, 6.07) is 1.56. The van der Waals surface area contributed by atoms with Crippen molar-refractivity contribution in [2.45, 2.75) is 39.2 Å². The van der Waals surface area contributed by atoms with Crippen molar-refractivity contribution in [2.75, 3.05) is 24.2 Å². The Bertz CT molecular complexity index is 408. The van der Waals surface area contributed by atoms with Gasteiger partial charge in [-0.1, -0.05) is 19.8 Å². The van der Waals surface area contributed by atoms with Crippen LogP contribution >= 0.6 is 0 Å². The monoisotopic (exact) mass is 264 g/mol. The minimum Gasteiger partial charge on any atom is -0.396 e. The highest BCUT2D eigenvalue weighted by atomic mass is 16.2. The zero-order valence-electron chi connectivity index (χ0n) is 12.0. The van der Waals surface area contributed by atoms with E-state index in [4.69, 9.17) is 5.73 Å². The molecular formula is C14H24N4O. The SMILES string of the molecule is CCCCCNC(=O)C(C)N(C)c1ccncc1N. The molecule has 0 aromatic carbocycles. The number of anilines is 2. The predicted octanol–water partition coefficient (Wildman–Crippen LogP) is 1.79. The summed E-state index contributed by atoms with van der Waals surface area (Å²) in [5.41, 5.74) is 7.27. The first-order valence-corrected chi connectivity index (χ1v) is 6.78. The van der Waals surface area contributed by atoms with Gasteiger partial charge in [-0.15, -0.1) is 0 Å². The number of nitrogens with two attached hydrogens (primary N) is 1. The summed E-state index contributed by atoms with van der Waals surface area (Å²) in [6.07, 6.45) is 6.59. The van der Waals surface area contributed by atoms with E-state index in [9.17, 15) is 4.79 Å². The number of nitrogens with zero attached hydrogens (tertiary/aromatic N) is 2. The highest BCUT2D eigenvalue weighted by molar-refractivity contribution is 5.85. The van der Waals surface area contributed by atoms with Gasteiger partial charge in [-0.05, 0) is 19.4 Å².